The van der Waals surface area contributed by atoms with E-state index in [4.69, 9.17) is 4.74 Å². The van der Waals surface area contributed by atoms with E-state index in [0.717, 1.165) is 17.9 Å². The van der Waals surface area contributed by atoms with Crippen LogP contribution in [-0.4, -0.2) is 31.9 Å². The van der Waals surface area contributed by atoms with E-state index in [0.29, 0.717) is 0 Å². The molecule has 0 spiro atoms. The summed E-state index contributed by atoms with van der Waals surface area (Å²) >= 11 is 0. The first-order chi connectivity index (χ1) is 9.66. The highest BCUT2D eigenvalue weighted by Gasteiger charge is 2.25. The van der Waals surface area contributed by atoms with Crippen LogP contribution in [-0.2, 0) is 0 Å². The van der Waals surface area contributed by atoms with E-state index in [2.05, 4.69) is 14.1 Å². The van der Waals surface area contributed by atoms with Crippen LogP contribution < -0.4 is 22.0 Å². The highest BCUT2D eigenvalue weighted by atomic mass is 35.5. The molecular formula is C17H22ClNO2. The summed E-state index contributed by atoms with van der Waals surface area (Å²) in [7, 11) is 4.11. The van der Waals surface area contributed by atoms with Crippen LogP contribution in [0.3, 0.4) is 0 Å². The van der Waals surface area contributed by atoms with E-state index in [1.54, 1.807) is 0 Å². The van der Waals surface area contributed by atoms with Crippen molar-refractivity contribution in [3.63, 3.8) is 0 Å². The van der Waals surface area contributed by atoms with Crippen molar-refractivity contribution in [3.8, 4) is 5.75 Å². The van der Waals surface area contributed by atoms with E-state index in [-0.39, 0.29) is 18.5 Å². The van der Waals surface area contributed by atoms with Gasteiger partial charge < -0.3 is 27.2 Å². The van der Waals surface area contributed by atoms with Crippen LogP contribution >= 0.6 is 0 Å². The van der Waals surface area contributed by atoms with E-state index >= 15 is 0 Å². The topological polar surface area (TPSA) is 33.9 Å². The molecule has 114 valence electrons. The second-order valence-corrected chi connectivity index (χ2v) is 5.24. The smallest absolute Gasteiger partial charge is 0.177 e. The van der Waals surface area contributed by atoms with Crippen molar-refractivity contribution in [2.45, 2.75) is 12.2 Å². The van der Waals surface area contributed by atoms with Crippen molar-refractivity contribution in [1.82, 2.24) is 0 Å². The van der Waals surface area contributed by atoms with Gasteiger partial charge in [-0.25, -0.2) is 0 Å². The Hall–Kier alpha value is -1.55. The number of quaternary nitrogens is 1. The fourth-order valence-corrected chi connectivity index (χ4v) is 2.16. The van der Waals surface area contributed by atoms with Gasteiger partial charge in [0.1, 0.15) is 18.4 Å². The summed E-state index contributed by atoms with van der Waals surface area (Å²) in [5.41, 5.74) is 0.884. The molecule has 2 aromatic carbocycles. The first-order valence-corrected chi connectivity index (χ1v) is 6.90. The number of rotatable bonds is 6. The van der Waals surface area contributed by atoms with Gasteiger partial charge in [-0.2, -0.15) is 0 Å². The van der Waals surface area contributed by atoms with Crippen molar-refractivity contribution in [2.75, 3.05) is 20.6 Å². The van der Waals surface area contributed by atoms with E-state index < -0.39 is 6.10 Å². The minimum atomic E-state index is -0.633. The molecular weight excluding hydrogens is 286 g/mol. The summed E-state index contributed by atoms with van der Waals surface area (Å²) in [6.07, 6.45) is -0.906. The zero-order valence-electron chi connectivity index (χ0n) is 12.4. The van der Waals surface area contributed by atoms with Crippen LogP contribution in [0, 0.1) is 0 Å². The lowest BCUT2D eigenvalue weighted by atomic mass is 10.0. The van der Waals surface area contributed by atoms with Gasteiger partial charge in [-0.15, -0.1) is 0 Å². The maximum Gasteiger partial charge on any atom is 0.177 e. The quantitative estimate of drug-likeness (QED) is 0.668. The molecule has 21 heavy (non-hydrogen) atoms. The maximum atomic E-state index is 10.6. The van der Waals surface area contributed by atoms with Crippen LogP contribution in [0.1, 0.15) is 11.7 Å². The average Bonchev–Trinajstić information content (AvgIpc) is 2.47. The number of benzene rings is 2. The first-order valence-electron chi connectivity index (χ1n) is 6.90. The SMILES string of the molecule is C[NH+](C)CC(Oc1ccccc1)C(O)c1ccccc1.[Cl-]. The van der Waals surface area contributed by atoms with Gasteiger partial charge in [0, 0.05) is 0 Å². The molecule has 0 bridgehead atoms. The molecule has 0 aliphatic carbocycles. The molecule has 4 heteroatoms. The van der Waals surface area contributed by atoms with Gasteiger partial charge in [-0.3, -0.25) is 0 Å². The third-order valence-corrected chi connectivity index (χ3v) is 3.13. The van der Waals surface area contributed by atoms with E-state index in [9.17, 15) is 5.11 Å². The largest absolute Gasteiger partial charge is 1.00 e. The fraction of sp³-hybridized carbons (Fsp3) is 0.294. The molecule has 0 aromatic heterocycles. The monoisotopic (exact) mass is 307 g/mol. The molecule has 2 rings (SSSR count). The molecule has 0 heterocycles. The Kier molecular flexibility index (Phi) is 7.23. The van der Waals surface area contributed by atoms with E-state index in [1.807, 2.05) is 60.7 Å². The highest BCUT2D eigenvalue weighted by Crippen LogP contribution is 2.21. The number of hydrogen-bond acceptors (Lipinski definition) is 2. The first kappa shape index (κ1) is 17.5. The van der Waals surface area contributed by atoms with Crippen molar-refractivity contribution in [2.24, 2.45) is 0 Å². The molecule has 0 saturated heterocycles. The lowest BCUT2D eigenvalue weighted by Gasteiger charge is -2.25. The zero-order chi connectivity index (χ0) is 14.4. The molecule has 2 N–H and O–H groups in total. The molecule has 3 nitrogen and oxygen atoms in total. The van der Waals surface area contributed by atoms with Gasteiger partial charge in [0.05, 0.1) is 14.1 Å². The maximum absolute atomic E-state index is 10.6. The molecule has 0 fully saturated rings. The van der Waals surface area contributed by atoms with Crippen LogP contribution in [0.15, 0.2) is 60.7 Å². The third kappa shape index (κ3) is 5.38. The summed E-state index contributed by atoms with van der Waals surface area (Å²) in [5, 5.41) is 10.6. The molecule has 0 amide bonds. The normalized spacial score (nSPS) is 13.3. The lowest BCUT2D eigenvalue weighted by Crippen LogP contribution is -3.07. The van der Waals surface area contributed by atoms with Crippen LogP contribution in [0.2, 0.25) is 0 Å². The number of aliphatic hydroxyl groups excluding tert-OH is 1. The van der Waals surface area contributed by atoms with Crippen molar-refractivity contribution >= 4 is 0 Å². The number of nitrogens with one attached hydrogen (secondary N) is 1. The summed E-state index contributed by atoms with van der Waals surface area (Å²) in [4.78, 5) is 1.24. The molecule has 2 atom stereocenters. The lowest BCUT2D eigenvalue weighted by molar-refractivity contribution is -0.862. The summed E-state index contributed by atoms with van der Waals surface area (Å²) in [6, 6.07) is 19.3. The van der Waals surface area contributed by atoms with Gasteiger partial charge >= 0.3 is 0 Å². The Morgan fingerprint density at radius 2 is 1.48 bits per heavy atom. The highest BCUT2D eigenvalue weighted by molar-refractivity contribution is 5.23. The summed E-state index contributed by atoms with van der Waals surface area (Å²) in [6.45, 7) is 0.727. The third-order valence-electron chi connectivity index (χ3n) is 3.13. The summed E-state index contributed by atoms with van der Waals surface area (Å²) in [5.74, 6) is 0.786. The number of hydrogen-bond donors (Lipinski definition) is 2. The number of para-hydroxylation sites is 1. The second kappa shape index (κ2) is 8.67. The van der Waals surface area contributed by atoms with Gasteiger partial charge in [0.2, 0.25) is 0 Å². The Labute approximate surface area is 132 Å². The van der Waals surface area contributed by atoms with Crippen molar-refractivity contribution in [1.29, 1.82) is 0 Å². The number of halogens is 1. The zero-order valence-corrected chi connectivity index (χ0v) is 13.1. The van der Waals surface area contributed by atoms with Gasteiger partial charge in [-0.05, 0) is 17.7 Å². The second-order valence-electron chi connectivity index (χ2n) is 5.24. The van der Waals surface area contributed by atoms with Crippen LogP contribution in [0.5, 0.6) is 5.75 Å². The van der Waals surface area contributed by atoms with Gasteiger partial charge in [0.25, 0.3) is 0 Å². The standard InChI is InChI=1S/C17H21NO2.ClH/c1-18(2)13-16(20-15-11-7-4-8-12-15)17(19)14-9-5-3-6-10-14;/h3-12,16-17,19H,13H2,1-2H3;1H. The molecule has 2 aromatic rings. The number of aliphatic hydroxyl groups is 1. The number of ether oxygens (including phenoxy) is 1. The predicted molar refractivity (Wildman–Crippen MR) is 79.9 cm³/mol. The van der Waals surface area contributed by atoms with Crippen molar-refractivity contribution < 1.29 is 27.2 Å². The minimum Gasteiger partial charge on any atom is -1.00 e. The van der Waals surface area contributed by atoms with Crippen LogP contribution in [0.4, 0.5) is 0 Å². The van der Waals surface area contributed by atoms with Gasteiger partial charge in [0.15, 0.2) is 6.10 Å². The fourth-order valence-electron chi connectivity index (χ4n) is 2.16. The minimum absolute atomic E-state index is 0. The Morgan fingerprint density at radius 1 is 0.952 bits per heavy atom. The Balaban J connectivity index is 0.00000220. The molecule has 0 aliphatic heterocycles. The molecule has 0 radical (unpaired) electrons. The summed E-state index contributed by atoms with van der Waals surface area (Å²) < 4.78 is 5.97. The van der Waals surface area contributed by atoms with E-state index in [1.165, 1.54) is 4.90 Å². The van der Waals surface area contributed by atoms with Crippen LogP contribution in [0.25, 0.3) is 0 Å². The van der Waals surface area contributed by atoms with Gasteiger partial charge in [-0.1, -0.05) is 48.5 Å². The average molecular weight is 308 g/mol. The Bertz CT molecular complexity index is 505. The molecule has 2 unspecified atom stereocenters. The molecule has 0 aliphatic rings. The Morgan fingerprint density at radius 3 is 2.00 bits per heavy atom. The predicted octanol–water partition coefficient (Wildman–Crippen LogP) is -1.68. The van der Waals surface area contributed by atoms with Crippen molar-refractivity contribution in [3.05, 3.63) is 66.2 Å². The number of likely N-dealkylation sites (N-methyl/N-ethyl adjacent to an activating group) is 1. The molecule has 0 saturated carbocycles.